The third kappa shape index (κ3) is 58.5. The van der Waals surface area contributed by atoms with Crippen molar-refractivity contribution in [3.8, 4) is 0 Å². The van der Waals surface area contributed by atoms with Gasteiger partial charge in [-0.1, -0.05) is 288 Å². The largest absolute Gasteiger partial charge is 0.462 e. The van der Waals surface area contributed by atoms with Crippen molar-refractivity contribution in [2.75, 3.05) is 13.2 Å². The molecule has 6 heteroatoms. The lowest BCUT2D eigenvalue weighted by molar-refractivity contribution is -0.167. The number of unbranched alkanes of at least 4 members (excludes halogenated alkanes) is 42. The molecule has 0 aliphatic carbocycles. The first-order chi connectivity index (χ1) is 35.5. The van der Waals surface area contributed by atoms with Crippen LogP contribution >= 0.6 is 0 Å². The molecule has 0 heterocycles. The minimum absolute atomic E-state index is 0.0706. The fraction of sp³-hybridized carbons (Fsp3) is 0.864. The molecule has 1 atom stereocenters. The summed E-state index contributed by atoms with van der Waals surface area (Å²) in [5.41, 5.74) is 0. The zero-order valence-corrected chi connectivity index (χ0v) is 48.5. The van der Waals surface area contributed by atoms with Gasteiger partial charge in [-0.15, -0.1) is 0 Å². The first-order valence-electron chi connectivity index (χ1n) is 32.0. The van der Waals surface area contributed by atoms with Gasteiger partial charge < -0.3 is 14.2 Å². The molecule has 0 radical (unpaired) electrons. The monoisotopic (exact) mass is 1010 g/mol. The van der Waals surface area contributed by atoms with Crippen LogP contribution in [0.15, 0.2) is 36.5 Å². The van der Waals surface area contributed by atoms with Crippen molar-refractivity contribution in [2.24, 2.45) is 0 Å². The van der Waals surface area contributed by atoms with Gasteiger partial charge in [0.25, 0.3) is 0 Å². The van der Waals surface area contributed by atoms with Crippen LogP contribution in [0, 0.1) is 0 Å². The van der Waals surface area contributed by atoms with Gasteiger partial charge in [-0.3, -0.25) is 14.4 Å². The van der Waals surface area contributed by atoms with Gasteiger partial charge in [0.05, 0.1) is 0 Å². The Hall–Kier alpha value is -2.37. The second kappa shape index (κ2) is 61.2. The second-order valence-electron chi connectivity index (χ2n) is 21.7. The molecule has 0 spiro atoms. The number of carbonyl (C=O) groups is 3. The summed E-state index contributed by atoms with van der Waals surface area (Å²) in [6, 6.07) is 0. The highest BCUT2D eigenvalue weighted by Gasteiger charge is 2.19. The molecule has 0 bridgehead atoms. The molecule has 72 heavy (non-hydrogen) atoms. The molecule has 1 unspecified atom stereocenters. The van der Waals surface area contributed by atoms with Gasteiger partial charge in [-0.25, -0.2) is 0 Å². The van der Waals surface area contributed by atoms with E-state index in [0.717, 1.165) is 70.6 Å². The predicted octanol–water partition coefficient (Wildman–Crippen LogP) is 21.6. The Bertz CT molecular complexity index is 1210. The number of rotatable bonds is 59. The summed E-state index contributed by atoms with van der Waals surface area (Å²) in [7, 11) is 0. The van der Waals surface area contributed by atoms with Crippen LogP contribution < -0.4 is 0 Å². The van der Waals surface area contributed by atoms with Gasteiger partial charge >= 0.3 is 17.9 Å². The quantitative estimate of drug-likeness (QED) is 0.0261. The molecule has 422 valence electrons. The summed E-state index contributed by atoms with van der Waals surface area (Å²) < 4.78 is 16.9. The number of esters is 3. The third-order valence-corrected chi connectivity index (χ3v) is 14.4. The smallest absolute Gasteiger partial charge is 0.306 e. The van der Waals surface area contributed by atoms with E-state index in [2.05, 4.69) is 57.2 Å². The van der Waals surface area contributed by atoms with E-state index in [1.807, 2.05) is 0 Å². The van der Waals surface area contributed by atoms with Crippen molar-refractivity contribution in [1.29, 1.82) is 0 Å². The van der Waals surface area contributed by atoms with Crippen LogP contribution in [-0.4, -0.2) is 37.2 Å². The molecule has 0 aliphatic heterocycles. The first-order valence-corrected chi connectivity index (χ1v) is 32.0. The van der Waals surface area contributed by atoms with Crippen LogP contribution in [0.25, 0.3) is 0 Å². The minimum Gasteiger partial charge on any atom is -0.462 e. The molecular formula is C66H122O6. The van der Waals surface area contributed by atoms with Gasteiger partial charge in [0.1, 0.15) is 13.2 Å². The average molecular weight is 1010 g/mol. The zero-order chi connectivity index (χ0) is 52.2. The Labute approximate surface area is 448 Å². The molecule has 0 saturated heterocycles. The van der Waals surface area contributed by atoms with E-state index in [1.54, 1.807) is 0 Å². The van der Waals surface area contributed by atoms with Crippen molar-refractivity contribution in [2.45, 2.75) is 354 Å². The number of carbonyl (C=O) groups excluding carboxylic acids is 3. The Morgan fingerprint density at radius 2 is 0.500 bits per heavy atom. The Balaban J connectivity index is 4.24. The summed E-state index contributed by atoms with van der Waals surface area (Å²) in [4.78, 5) is 38.2. The van der Waals surface area contributed by atoms with Gasteiger partial charge in [-0.2, -0.15) is 0 Å². The van der Waals surface area contributed by atoms with Crippen LogP contribution in [0.3, 0.4) is 0 Å². The van der Waals surface area contributed by atoms with E-state index >= 15 is 0 Å². The lowest BCUT2D eigenvalue weighted by Gasteiger charge is -2.18. The maximum absolute atomic E-state index is 12.9. The lowest BCUT2D eigenvalue weighted by Crippen LogP contribution is -2.30. The van der Waals surface area contributed by atoms with E-state index in [4.69, 9.17) is 14.2 Å². The van der Waals surface area contributed by atoms with Gasteiger partial charge in [0, 0.05) is 19.3 Å². The number of ether oxygens (including phenoxy) is 3. The van der Waals surface area contributed by atoms with Crippen molar-refractivity contribution >= 4 is 17.9 Å². The first kappa shape index (κ1) is 69.6. The third-order valence-electron chi connectivity index (χ3n) is 14.4. The molecule has 0 N–H and O–H groups in total. The maximum atomic E-state index is 12.9. The normalized spacial score (nSPS) is 12.2. The molecule has 0 amide bonds. The molecule has 0 aliphatic rings. The van der Waals surface area contributed by atoms with Crippen LogP contribution in [0.4, 0.5) is 0 Å². The summed E-state index contributed by atoms with van der Waals surface area (Å²) in [6.45, 7) is 6.66. The van der Waals surface area contributed by atoms with Crippen molar-refractivity contribution in [3.63, 3.8) is 0 Å². The highest BCUT2D eigenvalue weighted by atomic mass is 16.6. The molecule has 0 fully saturated rings. The highest BCUT2D eigenvalue weighted by molar-refractivity contribution is 5.71. The summed E-state index contributed by atoms with van der Waals surface area (Å²) in [5, 5.41) is 0. The van der Waals surface area contributed by atoms with E-state index in [-0.39, 0.29) is 31.1 Å². The summed E-state index contributed by atoms with van der Waals surface area (Å²) >= 11 is 0. The topological polar surface area (TPSA) is 78.9 Å². The number of hydrogen-bond acceptors (Lipinski definition) is 6. The molecule has 0 saturated carbocycles. The van der Waals surface area contributed by atoms with Crippen molar-refractivity contribution < 1.29 is 28.6 Å². The van der Waals surface area contributed by atoms with Crippen LogP contribution in [-0.2, 0) is 28.6 Å². The molecule has 0 aromatic carbocycles. The molecular weight excluding hydrogens is 889 g/mol. The van der Waals surface area contributed by atoms with Crippen LogP contribution in [0.1, 0.15) is 348 Å². The average Bonchev–Trinajstić information content (AvgIpc) is 3.38. The lowest BCUT2D eigenvalue weighted by atomic mass is 10.0. The van der Waals surface area contributed by atoms with E-state index < -0.39 is 6.10 Å². The Kier molecular flexibility index (Phi) is 59.2. The highest BCUT2D eigenvalue weighted by Crippen LogP contribution is 2.17. The number of allylic oxidation sites excluding steroid dienone is 6. The van der Waals surface area contributed by atoms with Crippen LogP contribution in [0.2, 0.25) is 0 Å². The second-order valence-corrected chi connectivity index (χ2v) is 21.7. The van der Waals surface area contributed by atoms with Gasteiger partial charge in [0.2, 0.25) is 0 Å². The predicted molar refractivity (Wildman–Crippen MR) is 312 cm³/mol. The maximum Gasteiger partial charge on any atom is 0.306 e. The molecule has 0 aromatic heterocycles. The van der Waals surface area contributed by atoms with Gasteiger partial charge in [0.15, 0.2) is 6.10 Å². The standard InChI is InChI=1S/C66H122O6/c1-4-7-10-13-16-19-22-25-27-29-30-31-32-33-34-35-36-37-39-41-44-47-50-53-56-59-65(68)71-62-63(61-70-64(67)58-55-52-49-46-43-40-24-21-18-15-12-9-6-3)72-66(69)60-57-54-51-48-45-42-38-28-26-23-20-17-14-11-8-5-2/h21-22,24-25,29-30,63H,4-20,23,26-28,31-62H2,1-3H3/b24-21-,25-22-,30-29-. The summed E-state index contributed by atoms with van der Waals surface area (Å²) in [6.07, 6.45) is 74.4. The zero-order valence-electron chi connectivity index (χ0n) is 48.5. The fourth-order valence-electron chi connectivity index (χ4n) is 9.53. The van der Waals surface area contributed by atoms with E-state index in [1.165, 1.54) is 238 Å². The molecule has 0 aromatic rings. The van der Waals surface area contributed by atoms with Crippen molar-refractivity contribution in [1.82, 2.24) is 0 Å². The van der Waals surface area contributed by atoms with Gasteiger partial charge in [-0.05, 0) is 77.0 Å². The summed E-state index contributed by atoms with van der Waals surface area (Å²) in [5.74, 6) is -0.857. The SMILES string of the molecule is CCCCCC/C=C\CCCCCCCC(=O)OCC(COC(=O)CCCCCCCCCCCCCCC/C=C\C/C=C\CCCCCCC)OC(=O)CCCCCCCCCCCCCCCCCC. The van der Waals surface area contributed by atoms with Crippen LogP contribution in [0.5, 0.6) is 0 Å². The minimum atomic E-state index is -0.773. The Morgan fingerprint density at radius 1 is 0.278 bits per heavy atom. The Morgan fingerprint density at radius 3 is 0.792 bits per heavy atom. The van der Waals surface area contributed by atoms with E-state index in [9.17, 15) is 14.4 Å². The molecule has 6 nitrogen and oxygen atoms in total. The van der Waals surface area contributed by atoms with E-state index in [0.29, 0.717) is 19.3 Å². The molecule has 0 rings (SSSR count). The fourth-order valence-corrected chi connectivity index (χ4v) is 9.53. The number of hydrogen-bond donors (Lipinski definition) is 0. The van der Waals surface area contributed by atoms with Crippen molar-refractivity contribution in [3.05, 3.63) is 36.5 Å².